The van der Waals surface area contributed by atoms with Crippen molar-refractivity contribution in [3.05, 3.63) is 26.7 Å². The summed E-state index contributed by atoms with van der Waals surface area (Å²) in [6.07, 6.45) is 1.89. The number of nitrogens with zero attached hydrogens (tertiary/aromatic N) is 4. The summed E-state index contributed by atoms with van der Waals surface area (Å²) >= 11 is 0. The average Bonchev–Trinajstić information content (AvgIpc) is 2.83. The van der Waals surface area contributed by atoms with E-state index < -0.39 is 0 Å². The Morgan fingerprint density at radius 1 is 1.14 bits per heavy atom. The van der Waals surface area contributed by atoms with Gasteiger partial charge in [0.25, 0.3) is 5.56 Å². The maximum atomic E-state index is 12.7. The Labute approximate surface area is 129 Å². The van der Waals surface area contributed by atoms with Gasteiger partial charge in [0.15, 0.2) is 11.2 Å². The zero-order chi connectivity index (χ0) is 16.4. The van der Waals surface area contributed by atoms with Crippen LogP contribution >= 0.6 is 0 Å². The van der Waals surface area contributed by atoms with Crippen LogP contribution in [-0.2, 0) is 20.1 Å². The van der Waals surface area contributed by atoms with Crippen LogP contribution in [-0.4, -0.2) is 25.2 Å². The molecular weight excluding hydrogens is 282 g/mol. The van der Waals surface area contributed by atoms with E-state index in [9.17, 15) is 9.59 Å². The molecule has 0 saturated carbocycles. The highest BCUT2D eigenvalue weighted by atomic mass is 16.2. The highest BCUT2D eigenvalue weighted by Gasteiger charge is 2.22. The summed E-state index contributed by atoms with van der Waals surface area (Å²) in [4.78, 5) is 29.8. The number of aryl methyl sites for hydroxylation is 2. The van der Waals surface area contributed by atoms with Gasteiger partial charge >= 0.3 is 5.69 Å². The van der Waals surface area contributed by atoms with E-state index in [0.29, 0.717) is 17.7 Å². The van der Waals surface area contributed by atoms with Crippen molar-refractivity contribution in [2.24, 2.45) is 12.8 Å². The van der Waals surface area contributed by atoms with Gasteiger partial charge in [-0.2, -0.15) is 0 Å². The highest BCUT2D eigenvalue weighted by molar-refractivity contribution is 5.71. The fourth-order valence-corrected chi connectivity index (χ4v) is 3.01. The predicted molar refractivity (Wildman–Crippen MR) is 87.3 cm³/mol. The average molecular weight is 307 g/mol. The largest absolute Gasteiger partial charge is 0.332 e. The van der Waals surface area contributed by atoms with Crippen molar-refractivity contribution in [1.29, 1.82) is 0 Å². The van der Waals surface area contributed by atoms with E-state index in [0.717, 1.165) is 18.7 Å². The van der Waals surface area contributed by atoms with E-state index in [1.807, 2.05) is 18.5 Å². The van der Waals surface area contributed by atoms with Gasteiger partial charge in [-0.25, -0.2) is 9.78 Å². The lowest BCUT2D eigenvalue weighted by molar-refractivity contribution is 0.581. The molecule has 22 heavy (non-hydrogen) atoms. The van der Waals surface area contributed by atoms with Crippen LogP contribution in [0.5, 0.6) is 0 Å². The van der Waals surface area contributed by atoms with Crippen LogP contribution in [0.15, 0.2) is 9.59 Å². The van der Waals surface area contributed by atoms with Gasteiger partial charge in [-0.3, -0.25) is 13.9 Å². The second-order valence-corrected chi connectivity index (χ2v) is 5.49. The number of nitrogens with two attached hydrogens (primary N) is 1. The van der Waals surface area contributed by atoms with E-state index in [1.165, 1.54) is 4.57 Å². The van der Waals surface area contributed by atoms with E-state index in [2.05, 4.69) is 18.8 Å². The molecule has 7 nitrogen and oxygen atoms in total. The molecule has 0 saturated heterocycles. The molecule has 122 valence electrons. The van der Waals surface area contributed by atoms with E-state index in [4.69, 9.17) is 5.73 Å². The molecule has 0 aliphatic carbocycles. The molecule has 2 N–H and O–H groups in total. The van der Waals surface area contributed by atoms with Crippen LogP contribution in [0.25, 0.3) is 11.2 Å². The Hall–Kier alpha value is -1.89. The van der Waals surface area contributed by atoms with Crippen molar-refractivity contribution in [2.75, 3.05) is 6.54 Å². The summed E-state index contributed by atoms with van der Waals surface area (Å²) in [5.74, 6) is 1.14. The Bertz CT molecular complexity index is 780. The Balaban J connectivity index is 2.90. The minimum Gasteiger partial charge on any atom is -0.329 e. The molecule has 0 aliphatic rings. The zero-order valence-corrected chi connectivity index (χ0v) is 13.8. The molecule has 0 unspecified atom stereocenters. The van der Waals surface area contributed by atoms with Crippen molar-refractivity contribution in [3.8, 4) is 0 Å². The van der Waals surface area contributed by atoms with E-state index in [1.54, 1.807) is 4.57 Å². The van der Waals surface area contributed by atoms with Crippen LogP contribution < -0.4 is 17.0 Å². The summed E-state index contributed by atoms with van der Waals surface area (Å²) < 4.78 is 4.61. The first-order valence-corrected chi connectivity index (χ1v) is 7.91. The normalized spacial score (nSPS) is 11.7. The van der Waals surface area contributed by atoms with Crippen LogP contribution in [0.3, 0.4) is 0 Å². The molecule has 7 heteroatoms. The monoisotopic (exact) mass is 307 g/mol. The summed E-state index contributed by atoms with van der Waals surface area (Å²) in [6, 6.07) is 0. The predicted octanol–water partition coefficient (Wildman–Crippen LogP) is 0.779. The first-order chi connectivity index (χ1) is 10.5. The zero-order valence-electron chi connectivity index (χ0n) is 13.8. The topological polar surface area (TPSA) is 87.8 Å². The third kappa shape index (κ3) is 2.39. The van der Waals surface area contributed by atoms with Crippen molar-refractivity contribution in [3.63, 3.8) is 0 Å². The van der Waals surface area contributed by atoms with Gasteiger partial charge in [-0.05, 0) is 19.8 Å². The summed E-state index contributed by atoms with van der Waals surface area (Å²) in [7, 11) is 1.85. The Kier molecular flexibility index (Phi) is 4.85. The maximum absolute atomic E-state index is 12.7. The molecular formula is C15H25N5O2. The smallest absolute Gasteiger partial charge is 0.329 e. The van der Waals surface area contributed by atoms with E-state index >= 15 is 0 Å². The first-order valence-electron chi connectivity index (χ1n) is 7.91. The van der Waals surface area contributed by atoms with Crippen LogP contribution in [0.2, 0.25) is 0 Å². The second kappa shape index (κ2) is 6.48. The molecule has 0 atom stereocenters. The number of hydrogen-bond acceptors (Lipinski definition) is 4. The molecule has 0 aromatic carbocycles. The minimum absolute atomic E-state index is 0.221. The molecule has 2 heterocycles. The molecule has 2 aromatic rings. The van der Waals surface area contributed by atoms with E-state index in [-0.39, 0.29) is 30.3 Å². The molecule has 0 fully saturated rings. The van der Waals surface area contributed by atoms with Gasteiger partial charge in [0, 0.05) is 32.6 Å². The van der Waals surface area contributed by atoms with Crippen LogP contribution in [0, 0.1) is 0 Å². The number of rotatable bonds is 6. The molecule has 0 aliphatic heterocycles. The van der Waals surface area contributed by atoms with Crippen LogP contribution in [0.4, 0.5) is 0 Å². The van der Waals surface area contributed by atoms with Crippen molar-refractivity contribution < 1.29 is 0 Å². The number of fused-ring (bicyclic) bond motifs is 1. The fourth-order valence-electron chi connectivity index (χ4n) is 3.01. The van der Waals surface area contributed by atoms with Crippen LogP contribution in [0.1, 0.15) is 45.4 Å². The lowest BCUT2D eigenvalue weighted by Crippen LogP contribution is -2.41. The quantitative estimate of drug-likeness (QED) is 0.854. The van der Waals surface area contributed by atoms with Gasteiger partial charge in [0.05, 0.1) is 0 Å². The van der Waals surface area contributed by atoms with Gasteiger partial charge in [0.2, 0.25) is 0 Å². The van der Waals surface area contributed by atoms with Gasteiger partial charge in [0.1, 0.15) is 5.82 Å². The number of aromatic nitrogens is 4. The van der Waals surface area contributed by atoms with Crippen molar-refractivity contribution >= 4 is 11.2 Å². The molecule has 0 radical (unpaired) electrons. The molecule has 2 aromatic heterocycles. The SMILES string of the molecule is CCC(CC)c1nc2c(c(=O)n(CCN)c(=O)n2CC)n1C. The lowest BCUT2D eigenvalue weighted by Gasteiger charge is -2.11. The first kappa shape index (κ1) is 16.5. The van der Waals surface area contributed by atoms with Gasteiger partial charge in [-0.15, -0.1) is 0 Å². The maximum Gasteiger partial charge on any atom is 0.332 e. The van der Waals surface area contributed by atoms with Gasteiger partial charge in [-0.1, -0.05) is 13.8 Å². The third-order valence-corrected chi connectivity index (χ3v) is 4.30. The molecule has 0 bridgehead atoms. The third-order valence-electron chi connectivity index (χ3n) is 4.30. The summed E-state index contributed by atoms with van der Waals surface area (Å²) in [5.41, 5.74) is 5.87. The van der Waals surface area contributed by atoms with Gasteiger partial charge < -0.3 is 10.3 Å². The summed E-state index contributed by atoms with van der Waals surface area (Å²) in [6.45, 7) is 7.03. The standard InChI is InChI=1S/C15H25N5O2/c1-5-10(6-2)12-17-13-11(18(12)4)14(21)20(9-8-16)15(22)19(13)7-3/h10H,5-9,16H2,1-4H3. The Morgan fingerprint density at radius 2 is 1.77 bits per heavy atom. The fraction of sp³-hybridized carbons (Fsp3) is 0.667. The second-order valence-electron chi connectivity index (χ2n) is 5.49. The summed E-state index contributed by atoms with van der Waals surface area (Å²) in [5, 5.41) is 0. The molecule has 2 rings (SSSR count). The van der Waals surface area contributed by atoms with Crippen molar-refractivity contribution in [2.45, 2.75) is 52.6 Å². The highest BCUT2D eigenvalue weighted by Crippen LogP contribution is 2.23. The lowest BCUT2D eigenvalue weighted by atomic mass is 10.0. The number of imidazole rings is 1. The Morgan fingerprint density at radius 3 is 2.27 bits per heavy atom. The minimum atomic E-state index is -0.334. The molecule has 0 amide bonds. The molecule has 0 spiro atoms. The van der Waals surface area contributed by atoms with Crippen molar-refractivity contribution in [1.82, 2.24) is 18.7 Å². The number of hydrogen-bond donors (Lipinski definition) is 1.